The molecule has 1 saturated heterocycles. The molecule has 0 spiro atoms. The monoisotopic (exact) mass is 355 g/mol. The molecule has 0 aliphatic carbocycles. The van der Waals surface area contributed by atoms with Crippen molar-refractivity contribution in [1.29, 1.82) is 0 Å². The molecule has 0 saturated carbocycles. The van der Waals surface area contributed by atoms with E-state index in [1.807, 2.05) is 33.8 Å². The third-order valence-electron chi connectivity index (χ3n) is 5.17. The standard InChI is InChI=1S/C19H25N5O2/c25-19(23-9-3-4-10-23)13-26-17-6-2-1-5-15(17)11-20-16-7-8-18-21-14-22-24(18)12-16/h1-2,5-6,14,16,20H,3-4,7-13H2/t16-/m0/s1. The number of nitrogens with zero attached hydrogens (tertiary/aromatic N) is 4. The second-order valence-corrected chi connectivity index (χ2v) is 6.96. The van der Waals surface area contributed by atoms with Crippen molar-refractivity contribution in [3.05, 3.63) is 42.0 Å². The van der Waals surface area contributed by atoms with Crippen molar-refractivity contribution >= 4 is 5.91 Å². The molecule has 1 aromatic heterocycles. The number of nitrogens with one attached hydrogen (secondary N) is 1. The summed E-state index contributed by atoms with van der Waals surface area (Å²) in [5.41, 5.74) is 1.08. The first-order chi connectivity index (χ1) is 12.8. The Bertz CT molecular complexity index is 754. The summed E-state index contributed by atoms with van der Waals surface area (Å²) in [6.07, 6.45) is 5.82. The fourth-order valence-corrected chi connectivity index (χ4v) is 3.65. The van der Waals surface area contributed by atoms with E-state index in [0.717, 1.165) is 62.5 Å². The molecule has 3 heterocycles. The summed E-state index contributed by atoms with van der Waals surface area (Å²) in [5, 5.41) is 7.85. The van der Waals surface area contributed by atoms with Crippen LogP contribution in [-0.4, -0.2) is 51.3 Å². The molecule has 26 heavy (non-hydrogen) atoms. The molecule has 1 fully saturated rings. The summed E-state index contributed by atoms with van der Waals surface area (Å²) in [6.45, 7) is 3.38. The van der Waals surface area contributed by atoms with Crippen molar-refractivity contribution in [2.45, 2.75) is 44.8 Å². The van der Waals surface area contributed by atoms with E-state index in [2.05, 4.69) is 15.4 Å². The third kappa shape index (κ3) is 3.88. The van der Waals surface area contributed by atoms with Gasteiger partial charge in [-0.3, -0.25) is 4.79 Å². The van der Waals surface area contributed by atoms with E-state index >= 15 is 0 Å². The number of carbonyl (C=O) groups is 1. The minimum absolute atomic E-state index is 0.0799. The average molecular weight is 355 g/mol. The number of ether oxygens (including phenoxy) is 1. The fourth-order valence-electron chi connectivity index (χ4n) is 3.65. The molecule has 1 aromatic carbocycles. The number of likely N-dealkylation sites (tertiary alicyclic amines) is 1. The number of amides is 1. The number of carbonyl (C=O) groups excluding carboxylic acids is 1. The quantitative estimate of drug-likeness (QED) is 0.848. The lowest BCUT2D eigenvalue weighted by Crippen LogP contribution is -2.37. The van der Waals surface area contributed by atoms with E-state index in [4.69, 9.17) is 4.74 Å². The zero-order valence-corrected chi connectivity index (χ0v) is 14.9. The Morgan fingerprint density at radius 2 is 2.12 bits per heavy atom. The van der Waals surface area contributed by atoms with Crippen LogP contribution in [0.1, 0.15) is 30.7 Å². The normalized spacial score (nSPS) is 19.4. The number of rotatable bonds is 6. The highest BCUT2D eigenvalue weighted by atomic mass is 16.5. The Kier molecular flexibility index (Phi) is 5.15. The van der Waals surface area contributed by atoms with Crippen LogP contribution in [0.5, 0.6) is 5.75 Å². The van der Waals surface area contributed by atoms with E-state index in [0.29, 0.717) is 12.6 Å². The molecule has 1 atom stereocenters. The van der Waals surface area contributed by atoms with Crippen LogP contribution >= 0.6 is 0 Å². The third-order valence-corrected chi connectivity index (χ3v) is 5.17. The molecule has 4 rings (SSSR count). The molecule has 0 unspecified atom stereocenters. The summed E-state index contributed by atoms with van der Waals surface area (Å²) in [4.78, 5) is 18.3. The van der Waals surface area contributed by atoms with Crippen LogP contribution < -0.4 is 10.1 Å². The van der Waals surface area contributed by atoms with Crippen molar-refractivity contribution in [3.63, 3.8) is 0 Å². The van der Waals surface area contributed by atoms with Gasteiger partial charge in [0, 0.05) is 37.7 Å². The van der Waals surface area contributed by atoms with Crippen LogP contribution in [0.3, 0.4) is 0 Å². The van der Waals surface area contributed by atoms with Crippen LogP contribution in [0.25, 0.3) is 0 Å². The second-order valence-electron chi connectivity index (χ2n) is 6.96. The average Bonchev–Trinajstić information content (AvgIpc) is 3.36. The smallest absolute Gasteiger partial charge is 0.260 e. The first-order valence-corrected chi connectivity index (χ1v) is 9.38. The zero-order chi connectivity index (χ0) is 17.8. The second kappa shape index (κ2) is 7.86. The van der Waals surface area contributed by atoms with Crippen molar-refractivity contribution in [3.8, 4) is 5.75 Å². The fraction of sp³-hybridized carbons (Fsp3) is 0.526. The van der Waals surface area contributed by atoms with Crippen LogP contribution in [0.4, 0.5) is 0 Å². The minimum Gasteiger partial charge on any atom is -0.483 e. The van der Waals surface area contributed by atoms with Gasteiger partial charge in [0.2, 0.25) is 0 Å². The maximum absolute atomic E-state index is 12.2. The molecule has 2 aliphatic rings. The van der Waals surface area contributed by atoms with E-state index in [9.17, 15) is 4.79 Å². The number of para-hydroxylation sites is 1. The van der Waals surface area contributed by atoms with Gasteiger partial charge in [-0.25, -0.2) is 9.67 Å². The van der Waals surface area contributed by atoms with Gasteiger partial charge in [-0.2, -0.15) is 5.10 Å². The molecule has 138 valence electrons. The highest BCUT2D eigenvalue weighted by Crippen LogP contribution is 2.19. The maximum Gasteiger partial charge on any atom is 0.260 e. The van der Waals surface area contributed by atoms with E-state index in [1.54, 1.807) is 6.33 Å². The van der Waals surface area contributed by atoms with Crippen molar-refractivity contribution < 1.29 is 9.53 Å². The van der Waals surface area contributed by atoms with Gasteiger partial charge in [0.05, 0.1) is 6.54 Å². The summed E-state index contributed by atoms with van der Waals surface area (Å²) in [5.74, 6) is 1.92. The van der Waals surface area contributed by atoms with Crippen molar-refractivity contribution in [2.24, 2.45) is 0 Å². The molecule has 1 amide bonds. The van der Waals surface area contributed by atoms with Crippen molar-refractivity contribution in [2.75, 3.05) is 19.7 Å². The van der Waals surface area contributed by atoms with Gasteiger partial charge in [-0.15, -0.1) is 0 Å². The maximum atomic E-state index is 12.2. The number of benzene rings is 1. The number of aryl methyl sites for hydroxylation is 1. The SMILES string of the molecule is O=C(COc1ccccc1CN[C@H]1CCc2ncnn2C1)N1CCCC1. The van der Waals surface area contributed by atoms with Crippen molar-refractivity contribution in [1.82, 2.24) is 25.0 Å². The van der Waals surface area contributed by atoms with E-state index in [-0.39, 0.29) is 12.5 Å². The predicted octanol–water partition coefficient (Wildman–Crippen LogP) is 1.38. The van der Waals surface area contributed by atoms with Gasteiger partial charge >= 0.3 is 0 Å². The highest BCUT2D eigenvalue weighted by Gasteiger charge is 2.20. The van der Waals surface area contributed by atoms with Crippen LogP contribution in [0.2, 0.25) is 0 Å². The number of hydrogen-bond acceptors (Lipinski definition) is 5. The lowest BCUT2D eigenvalue weighted by Gasteiger charge is -2.24. The zero-order valence-electron chi connectivity index (χ0n) is 14.9. The molecular weight excluding hydrogens is 330 g/mol. The number of hydrogen-bond donors (Lipinski definition) is 1. The molecule has 0 radical (unpaired) electrons. The Labute approximate surface area is 153 Å². The van der Waals surface area contributed by atoms with Crippen LogP contribution in [-0.2, 0) is 24.3 Å². The van der Waals surface area contributed by atoms with E-state index in [1.165, 1.54) is 0 Å². The molecule has 2 aromatic rings. The lowest BCUT2D eigenvalue weighted by molar-refractivity contribution is -0.132. The first kappa shape index (κ1) is 17.0. The summed E-state index contributed by atoms with van der Waals surface area (Å²) < 4.78 is 7.81. The van der Waals surface area contributed by atoms with Crippen LogP contribution in [0, 0.1) is 0 Å². The van der Waals surface area contributed by atoms with Gasteiger partial charge in [0.1, 0.15) is 17.9 Å². The summed E-state index contributed by atoms with van der Waals surface area (Å²) >= 11 is 0. The summed E-state index contributed by atoms with van der Waals surface area (Å²) in [7, 11) is 0. The van der Waals surface area contributed by atoms with Gasteiger partial charge in [0.25, 0.3) is 5.91 Å². The van der Waals surface area contributed by atoms with Gasteiger partial charge in [-0.05, 0) is 25.3 Å². The van der Waals surface area contributed by atoms with Gasteiger partial charge in [-0.1, -0.05) is 18.2 Å². The molecule has 7 nitrogen and oxygen atoms in total. The highest BCUT2D eigenvalue weighted by molar-refractivity contribution is 5.78. The van der Waals surface area contributed by atoms with E-state index < -0.39 is 0 Å². The topological polar surface area (TPSA) is 72.3 Å². The van der Waals surface area contributed by atoms with Gasteiger partial charge < -0.3 is 15.0 Å². The predicted molar refractivity (Wildman–Crippen MR) is 96.7 cm³/mol. The molecule has 7 heteroatoms. The Morgan fingerprint density at radius 1 is 1.27 bits per heavy atom. The Morgan fingerprint density at radius 3 is 3.00 bits per heavy atom. The number of fused-ring (bicyclic) bond motifs is 1. The largest absolute Gasteiger partial charge is 0.483 e. The molecular formula is C19H25N5O2. The van der Waals surface area contributed by atoms with Gasteiger partial charge in [0.15, 0.2) is 6.61 Å². The molecule has 0 bridgehead atoms. The number of aromatic nitrogens is 3. The minimum atomic E-state index is 0.0799. The summed E-state index contributed by atoms with van der Waals surface area (Å²) in [6, 6.07) is 8.30. The Hall–Kier alpha value is -2.41. The lowest BCUT2D eigenvalue weighted by atomic mass is 10.1. The first-order valence-electron chi connectivity index (χ1n) is 9.38. The van der Waals surface area contributed by atoms with Crippen LogP contribution in [0.15, 0.2) is 30.6 Å². The Balaban J connectivity index is 1.32. The molecule has 1 N–H and O–H groups in total. The molecule has 2 aliphatic heterocycles.